The summed E-state index contributed by atoms with van der Waals surface area (Å²) < 4.78 is 5.60. The van der Waals surface area contributed by atoms with Gasteiger partial charge >= 0.3 is 0 Å². The summed E-state index contributed by atoms with van der Waals surface area (Å²) in [5, 5.41) is 11.0. The molecule has 28 heavy (non-hydrogen) atoms. The van der Waals surface area contributed by atoms with E-state index in [-0.39, 0.29) is 17.2 Å². The average molecular weight is 452 g/mol. The molecule has 0 saturated heterocycles. The number of carbonyl (C=O) groups excluding carboxylic acids is 1. The molecule has 1 aliphatic heterocycles. The summed E-state index contributed by atoms with van der Waals surface area (Å²) in [7, 11) is 0. The summed E-state index contributed by atoms with van der Waals surface area (Å²) in [6, 6.07) is 9.11. The molecule has 2 aromatic rings. The maximum atomic E-state index is 12.6. The average Bonchev–Trinajstić information content (AvgIpc) is 3.09. The van der Waals surface area contributed by atoms with E-state index >= 15 is 0 Å². The van der Waals surface area contributed by atoms with Crippen molar-refractivity contribution in [3.05, 3.63) is 67.0 Å². The van der Waals surface area contributed by atoms with Crippen LogP contribution in [0.1, 0.15) is 30.1 Å². The first-order chi connectivity index (χ1) is 13.4. The number of carbonyl (C=O) groups is 1. The highest BCUT2D eigenvalue weighted by Gasteiger charge is 2.38. The fourth-order valence-corrected chi connectivity index (χ4v) is 5.89. The molecule has 8 heteroatoms. The Kier molecular flexibility index (Phi) is 5.15. The number of benzene rings is 1. The maximum Gasteiger partial charge on any atom is 0.205 e. The van der Waals surface area contributed by atoms with E-state index in [1.165, 1.54) is 11.3 Å². The van der Waals surface area contributed by atoms with Crippen molar-refractivity contribution in [2.75, 3.05) is 0 Å². The number of halogens is 3. The Balaban J connectivity index is 1.85. The van der Waals surface area contributed by atoms with Crippen LogP contribution in [-0.4, -0.2) is 5.78 Å². The zero-order chi connectivity index (χ0) is 20.0. The second-order valence-electron chi connectivity index (χ2n) is 6.48. The van der Waals surface area contributed by atoms with Gasteiger partial charge in [0.15, 0.2) is 5.78 Å². The number of thiophene rings is 1. The molecule has 4 nitrogen and oxygen atoms in total. The molecule has 2 aliphatic rings. The molecule has 0 fully saturated rings. The van der Waals surface area contributed by atoms with Gasteiger partial charge in [0.1, 0.15) is 17.4 Å². The third-order valence-electron chi connectivity index (χ3n) is 4.77. The molecular weight excluding hydrogens is 439 g/mol. The highest BCUT2D eigenvalue weighted by molar-refractivity contribution is 7.15. The van der Waals surface area contributed by atoms with Crippen molar-refractivity contribution < 1.29 is 9.53 Å². The molecule has 0 bridgehead atoms. The van der Waals surface area contributed by atoms with Gasteiger partial charge in [-0.15, -0.1) is 11.3 Å². The number of ether oxygens (including phenoxy) is 1. The second kappa shape index (κ2) is 7.46. The van der Waals surface area contributed by atoms with E-state index in [1.807, 2.05) is 12.1 Å². The first kappa shape index (κ1) is 19.4. The predicted octanol–water partition coefficient (Wildman–Crippen LogP) is 6.19. The Labute approximate surface area is 180 Å². The van der Waals surface area contributed by atoms with Crippen molar-refractivity contribution in [1.29, 1.82) is 5.26 Å². The Morgan fingerprint density at radius 3 is 2.57 bits per heavy atom. The fraction of sp³-hybridized carbons (Fsp3) is 0.200. The van der Waals surface area contributed by atoms with Gasteiger partial charge in [0.25, 0.3) is 0 Å². The SMILES string of the molecule is N#CC1=C(N)OC2=C(C(=O)CCC2)[C@H]1c1ccc(-c2c(Cl)cc(Cl)cc2Cl)s1. The van der Waals surface area contributed by atoms with Crippen LogP contribution in [0.5, 0.6) is 0 Å². The third-order valence-corrected chi connectivity index (χ3v) is 6.75. The van der Waals surface area contributed by atoms with E-state index < -0.39 is 5.92 Å². The molecule has 1 atom stereocenters. The molecule has 1 aliphatic carbocycles. The second-order valence-corrected chi connectivity index (χ2v) is 8.85. The molecule has 0 radical (unpaired) electrons. The summed E-state index contributed by atoms with van der Waals surface area (Å²) in [6.07, 6.45) is 1.78. The number of allylic oxidation sites excluding steroid dienone is 3. The van der Waals surface area contributed by atoms with Crippen LogP contribution in [0.15, 0.2) is 47.1 Å². The summed E-state index contributed by atoms with van der Waals surface area (Å²) in [5.41, 5.74) is 7.42. The first-order valence-electron chi connectivity index (χ1n) is 8.49. The Bertz CT molecular complexity index is 1090. The lowest BCUT2D eigenvalue weighted by Gasteiger charge is -2.30. The van der Waals surface area contributed by atoms with Gasteiger partial charge < -0.3 is 10.5 Å². The molecule has 2 N–H and O–H groups in total. The van der Waals surface area contributed by atoms with Crippen molar-refractivity contribution in [2.24, 2.45) is 5.73 Å². The molecular formula is C20H13Cl3N2O2S. The lowest BCUT2D eigenvalue weighted by Crippen LogP contribution is -2.26. The molecule has 142 valence electrons. The fourth-order valence-electron chi connectivity index (χ4n) is 3.56. The van der Waals surface area contributed by atoms with Gasteiger partial charge in [-0.1, -0.05) is 34.8 Å². The van der Waals surface area contributed by atoms with Crippen molar-refractivity contribution in [1.82, 2.24) is 0 Å². The summed E-state index contributed by atoms with van der Waals surface area (Å²) in [6.45, 7) is 0. The molecule has 2 heterocycles. The van der Waals surface area contributed by atoms with Crippen LogP contribution in [0.4, 0.5) is 0 Å². The maximum absolute atomic E-state index is 12.6. The minimum absolute atomic E-state index is 0.0102. The highest BCUT2D eigenvalue weighted by Crippen LogP contribution is 2.48. The minimum Gasteiger partial charge on any atom is -0.444 e. The number of ketones is 1. The lowest BCUT2D eigenvalue weighted by molar-refractivity contribution is -0.116. The number of Topliss-reactive ketones (excluding diaryl/α,β-unsaturated/α-hetero) is 1. The molecule has 0 spiro atoms. The molecule has 1 aromatic heterocycles. The number of nitrogens with zero attached hydrogens (tertiary/aromatic N) is 1. The zero-order valence-electron chi connectivity index (χ0n) is 14.4. The van der Waals surface area contributed by atoms with Crippen LogP contribution in [0, 0.1) is 11.3 Å². The zero-order valence-corrected chi connectivity index (χ0v) is 17.5. The number of rotatable bonds is 2. The van der Waals surface area contributed by atoms with E-state index in [4.69, 9.17) is 45.3 Å². The van der Waals surface area contributed by atoms with Gasteiger partial charge in [-0.3, -0.25) is 4.79 Å². The van der Waals surface area contributed by atoms with Crippen LogP contribution < -0.4 is 5.73 Å². The monoisotopic (exact) mass is 450 g/mol. The van der Waals surface area contributed by atoms with Gasteiger partial charge in [0.05, 0.1) is 16.0 Å². The number of hydrogen-bond acceptors (Lipinski definition) is 5. The van der Waals surface area contributed by atoms with E-state index in [2.05, 4.69) is 6.07 Å². The highest BCUT2D eigenvalue weighted by atomic mass is 35.5. The van der Waals surface area contributed by atoms with Gasteiger partial charge in [-0.05, 0) is 30.7 Å². The lowest BCUT2D eigenvalue weighted by atomic mass is 9.80. The van der Waals surface area contributed by atoms with Crippen LogP contribution in [0.2, 0.25) is 15.1 Å². The Hall–Kier alpha value is -1.97. The van der Waals surface area contributed by atoms with Gasteiger partial charge in [-0.25, -0.2) is 0 Å². The summed E-state index contributed by atoms with van der Waals surface area (Å²) >= 11 is 20.1. The molecule has 0 saturated carbocycles. The third kappa shape index (κ3) is 3.21. The van der Waals surface area contributed by atoms with Crippen molar-refractivity contribution >= 4 is 51.9 Å². The summed E-state index contributed by atoms with van der Waals surface area (Å²) in [5.74, 6) is 0.0721. The van der Waals surface area contributed by atoms with Crippen LogP contribution in [0.25, 0.3) is 10.4 Å². The normalized spacial score (nSPS) is 19.4. The minimum atomic E-state index is -0.537. The number of nitriles is 1. The first-order valence-corrected chi connectivity index (χ1v) is 10.4. The molecule has 0 amide bonds. The van der Waals surface area contributed by atoms with Crippen LogP contribution >= 0.6 is 46.1 Å². The van der Waals surface area contributed by atoms with Crippen molar-refractivity contribution in [3.8, 4) is 16.5 Å². The van der Waals surface area contributed by atoms with E-state index in [9.17, 15) is 10.1 Å². The van der Waals surface area contributed by atoms with Crippen molar-refractivity contribution in [3.63, 3.8) is 0 Å². The Morgan fingerprint density at radius 2 is 1.89 bits per heavy atom. The van der Waals surface area contributed by atoms with Gasteiger partial charge in [0, 0.05) is 38.8 Å². The standard InChI is InChI=1S/C20H13Cl3N2O2S/c21-9-6-11(22)18(12(23)7-9)16-5-4-15(28-16)17-10(8-24)20(25)27-14-3-1-2-13(26)19(14)17/h4-7,17H,1-3,25H2/t17-/m1/s1. The smallest absolute Gasteiger partial charge is 0.205 e. The van der Waals surface area contributed by atoms with Crippen LogP contribution in [0.3, 0.4) is 0 Å². The van der Waals surface area contributed by atoms with E-state index in [1.54, 1.807) is 12.1 Å². The van der Waals surface area contributed by atoms with Gasteiger partial charge in [0.2, 0.25) is 5.88 Å². The predicted molar refractivity (Wildman–Crippen MR) is 111 cm³/mol. The topological polar surface area (TPSA) is 76.1 Å². The largest absolute Gasteiger partial charge is 0.444 e. The Morgan fingerprint density at radius 1 is 1.18 bits per heavy atom. The number of nitrogens with two attached hydrogens (primary N) is 1. The summed E-state index contributed by atoms with van der Waals surface area (Å²) in [4.78, 5) is 14.3. The van der Waals surface area contributed by atoms with E-state index in [0.717, 1.165) is 9.75 Å². The van der Waals surface area contributed by atoms with Gasteiger partial charge in [-0.2, -0.15) is 5.26 Å². The number of hydrogen-bond donors (Lipinski definition) is 1. The van der Waals surface area contributed by atoms with Crippen molar-refractivity contribution in [2.45, 2.75) is 25.2 Å². The quantitative estimate of drug-likeness (QED) is 0.590. The molecule has 1 aromatic carbocycles. The van der Waals surface area contributed by atoms with Crippen LogP contribution in [-0.2, 0) is 9.53 Å². The molecule has 0 unspecified atom stereocenters. The van der Waals surface area contributed by atoms with E-state index in [0.29, 0.717) is 51.2 Å². The molecule has 4 rings (SSSR count).